The van der Waals surface area contributed by atoms with Crippen LogP contribution in [0, 0.1) is 5.41 Å². The molecule has 0 atom stereocenters. The molecule has 5 heteroatoms. The molecule has 0 radical (unpaired) electrons. The third-order valence-electron chi connectivity index (χ3n) is 2.89. The summed E-state index contributed by atoms with van der Waals surface area (Å²) in [6.07, 6.45) is 0. The zero-order chi connectivity index (χ0) is 15.3. The van der Waals surface area contributed by atoms with Crippen molar-refractivity contribution < 1.29 is 9.53 Å². The molecule has 1 aromatic carbocycles. The number of carbonyl (C=O) groups is 1. The lowest BCUT2D eigenvalue weighted by molar-refractivity contribution is 0.0928. The van der Waals surface area contributed by atoms with E-state index in [0.717, 1.165) is 11.0 Å². The van der Waals surface area contributed by atoms with Crippen molar-refractivity contribution in [2.24, 2.45) is 5.41 Å². The van der Waals surface area contributed by atoms with Crippen LogP contribution in [-0.4, -0.2) is 45.1 Å². The lowest BCUT2D eigenvalue weighted by Gasteiger charge is -2.28. The molecule has 0 fully saturated rings. The molecular formula is C15H23BrN2O2. The number of amides is 1. The van der Waals surface area contributed by atoms with Crippen LogP contribution < -0.4 is 10.1 Å². The fraction of sp³-hybridized carbons (Fsp3) is 0.533. The first-order valence-corrected chi connectivity index (χ1v) is 7.31. The zero-order valence-corrected chi connectivity index (χ0v) is 14.4. The van der Waals surface area contributed by atoms with Crippen LogP contribution in [0.1, 0.15) is 24.2 Å². The van der Waals surface area contributed by atoms with Crippen LogP contribution in [0.4, 0.5) is 0 Å². The topological polar surface area (TPSA) is 41.6 Å². The van der Waals surface area contributed by atoms with E-state index >= 15 is 0 Å². The lowest BCUT2D eigenvalue weighted by Crippen LogP contribution is -2.40. The van der Waals surface area contributed by atoms with E-state index in [9.17, 15) is 4.79 Å². The molecule has 0 aromatic heterocycles. The molecule has 1 aromatic rings. The molecule has 0 spiro atoms. The summed E-state index contributed by atoms with van der Waals surface area (Å²) in [7, 11) is 5.65. The Balaban J connectivity index is 2.72. The Morgan fingerprint density at radius 2 is 2.05 bits per heavy atom. The number of hydrogen-bond acceptors (Lipinski definition) is 3. The fourth-order valence-corrected chi connectivity index (χ4v) is 2.56. The molecule has 0 aliphatic rings. The van der Waals surface area contributed by atoms with Gasteiger partial charge in [-0.15, -0.1) is 0 Å². The number of nitrogens with one attached hydrogen (secondary N) is 1. The van der Waals surface area contributed by atoms with Crippen LogP contribution in [0.15, 0.2) is 22.7 Å². The summed E-state index contributed by atoms with van der Waals surface area (Å²) in [5, 5.41) is 2.99. The monoisotopic (exact) mass is 342 g/mol. The maximum Gasteiger partial charge on any atom is 0.252 e. The molecule has 4 nitrogen and oxygen atoms in total. The number of carbonyl (C=O) groups excluding carboxylic acids is 1. The van der Waals surface area contributed by atoms with Crippen molar-refractivity contribution in [2.75, 3.05) is 34.3 Å². The zero-order valence-electron chi connectivity index (χ0n) is 12.8. The summed E-state index contributed by atoms with van der Waals surface area (Å²) in [5.41, 5.74) is 0.606. The Hall–Kier alpha value is -1.07. The molecule has 0 heterocycles. The van der Waals surface area contributed by atoms with Crippen LogP contribution in [0.3, 0.4) is 0 Å². The van der Waals surface area contributed by atoms with Crippen molar-refractivity contribution in [3.05, 3.63) is 28.2 Å². The average Bonchev–Trinajstić information content (AvgIpc) is 2.35. The molecule has 20 heavy (non-hydrogen) atoms. The van der Waals surface area contributed by atoms with Crippen LogP contribution in [-0.2, 0) is 0 Å². The minimum Gasteiger partial charge on any atom is -0.497 e. The highest BCUT2D eigenvalue weighted by molar-refractivity contribution is 9.10. The number of rotatable bonds is 6. The molecule has 112 valence electrons. The summed E-state index contributed by atoms with van der Waals surface area (Å²) < 4.78 is 5.92. The third-order valence-corrected chi connectivity index (χ3v) is 3.58. The van der Waals surface area contributed by atoms with E-state index in [4.69, 9.17) is 4.74 Å². The second kappa shape index (κ2) is 7.09. The van der Waals surface area contributed by atoms with Gasteiger partial charge in [0.25, 0.3) is 5.91 Å². The highest BCUT2D eigenvalue weighted by Gasteiger charge is 2.21. The Labute approximate surface area is 129 Å². The normalized spacial score (nSPS) is 11.6. The first kappa shape index (κ1) is 17.0. The van der Waals surface area contributed by atoms with Gasteiger partial charge in [0.15, 0.2) is 0 Å². The van der Waals surface area contributed by atoms with Gasteiger partial charge >= 0.3 is 0 Å². The van der Waals surface area contributed by atoms with Crippen molar-refractivity contribution in [1.82, 2.24) is 10.2 Å². The number of nitrogens with zero attached hydrogens (tertiary/aromatic N) is 1. The highest BCUT2D eigenvalue weighted by Crippen LogP contribution is 2.23. The molecule has 0 aliphatic carbocycles. The van der Waals surface area contributed by atoms with Gasteiger partial charge in [0.2, 0.25) is 0 Å². The summed E-state index contributed by atoms with van der Waals surface area (Å²) in [6, 6.07) is 5.37. The Morgan fingerprint density at radius 1 is 1.40 bits per heavy atom. The van der Waals surface area contributed by atoms with Crippen molar-refractivity contribution in [2.45, 2.75) is 13.8 Å². The van der Waals surface area contributed by atoms with Crippen LogP contribution in [0.25, 0.3) is 0 Å². The smallest absolute Gasteiger partial charge is 0.252 e. The first-order valence-electron chi connectivity index (χ1n) is 6.51. The van der Waals surface area contributed by atoms with Gasteiger partial charge in [-0.05, 0) is 53.6 Å². The predicted octanol–water partition coefficient (Wildman–Crippen LogP) is 2.78. The van der Waals surface area contributed by atoms with E-state index in [1.54, 1.807) is 13.2 Å². The van der Waals surface area contributed by atoms with Gasteiger partial charge in [-0.1, -0.05) is 13.8 Å². The van der Waals surface area contributed by atoms with E-state index < -0.39 is 0 Å². The average molecular weight is 343 g/mol. The van der Waals surface area contributed by atoms with E-state index in [1.807, 2.05) is 26.2 Å². The van der Waals surface area contributed by atoms with Crippen LogP contribution in [0.2, 0.25) is 0 Å². The molecule has 0 saturated heterocycles. The molecule has 1 amide bonds. The van der Waals surface area contributed by atoms with E-state index in [1.165, 1.54) is 0 Å². The Kier molecular flexibility index (Phi) is 6.02. The standard InChI is InChI=1S/C15H23BrN2O2/c1-15(2,10-18(3)4)9-17-14(19)12-8-11(20-5)6-7-13(12)16/h6-8H,9-10H2,1-5H3,(H,17,19). The number of methoxy groups -OCH3 is 1. The molecule has 1 N–H and O–H groups in total. The minimum atomic E-state index is -0.0948. The molecular weight excluding hydrogens is 320 g/mol. The number of ether oxygens (including phenoxy) is 1. The minimum absolute atomic E-state index is 0.0184. The van der Waals surface area contributed by atoms with Crippen molar-refractivity contribution in [3.63, 3.8) is 0 Å². The van der Waals surface area contributed by atoms with Gasteiger partial charge in [-0.2, -0.15) is 0 Å². The van der Waals surface area contributed by atoms with Gasteiger partial charge in [-0.3, -0.25) is 4.79 Å². The summed E-state index contributed by atoms with van der Waals surface area (Å²) in [6.45, 7) is 5.79. The van der Waals surface area contributed by atoms with Gasteiger partial charge < -0.3 is 15.0 Å². The molecule has 0 saturated carbocycles. The van der Waals surface area contributed by atoms with Crippen molar-refractivity contribution in [1.29, 1.82) is 0 Å². The van der Waals surface area contributed by atoms with Crippen molar-refractivity contribution in [3.8, 4) is 5.75 Å². The fourth-order valence-electron chi connectivity index (χ4n) is 2.13. The van der Waals surface area contributed by atoms with Gasteiger partial charge in [0.1, 0.15) is 5.75 Å². The van der Waals surface area contributed by atoms with E-state index in [0.29, 0.717) is 17.9 Å². The first-order chi connectivity index (χ1) is 9.25. The quantitative estimate of drug-likeness (QED) is 0.864. The highest BCUT2D eigenvalue weighted by atomic mass is 79.9. The summed E-state index contributed by atoms with van der Waals surface area (Å²) >= 11 is 3.40. The molecule has 0 bridgehead atoms. The Bertz CT molecular complexity index is 473. The largest absolute Gasteiger partial charge is 0.497 e. The summed E-state index contributed by atoms with van der Waals surface area (Å²) in [5.74, 6) is 0.577. The SMILES string of the molecule is COc1ccc(Br)c(C(=O)NCC(C)(C)CN(C)C)c1. The van der Waals surface area contributed by atoms with Crippen LogP contribution in [0.5, 0.6) is 5.75 Å². The molecule has 1 rings (SSSR count). The third kappa shape index (κ3) is 5.13. The van der Waals surface area contributed by atoms with Crippen molar-refractivity contribution >= 4 is 21.8 Å². The second-order valence-corrected chi connectivity index (χ2v) is 6.78. The second-order valence-electron chi connectivity index (χ2n) is 5.93. The molecule has 0 unspecified atom stereocenters. The van der Waals surface area contributed by atoms with Gasteiger partial charge in [0.05, 0.1) is 12.7 Å². The van der Waals surface area contributed by atoms with Crippen LogP contribution >= 0.6 is 15.9 Å². The van der Waals surface area contributed by atoms with Gasteiger partial charge in [0, 0.05) is 17.6 Å². The number of hydrogen-bond donors (Lipinski definition) is 1. The molecule has 0 aliphatic heterocycles. The number of benzene rings is 1. The van der Waals surface area contributed by atoms with E-state index in [-0.39, 0.29) is 11.3 Å². The lowest BCUT2D eigenvalue weighted by atomic mass is 9.93. The maximum atomic E-state index is 12.3. The Morgan fingerprint density at radius 3 is 2.60 bits per heavy atom. The predicted molar refractivity (Wildman–Crippen MR) is 85.4 cm³/mol. The maximum absolute atomic E-state index is 12.3. The van der Waals surface area contributed by atoms with E-state index in [2.05, 4.69) is 40.0 Å². The number of halogens is 1. The van der Waals surface area contributed by atoms with Gasteiger partial charge in [-0.25, -0.2) is 0 Å². The summed E-state index contributed by atoms with van der Waals surface area (Å²) in [4.78, 5) is 14.4.